The first-order valence-electron chi connectivity index (χ1n) is 8.10. The third kappa shape index (κ3) is 4.38. The second-order valence-corrected chi connectivity index (χ2v) is 9.26. The van der Waals surface area contributed by atoms with Gasteiger partial charge in [0.1, 0.15) is 5.75 Å². The van der Waals surface area contributed by atoms with E-state index in [0.29, 0.717) is 17.9 Å². The lowest BCUT2D eigenvalue weighted by molar-refractivity contribution is -0.116. The Labute approximate surface area is 157 Å². The zero-order valence-electron chi connectivity index (χ0n) is 14.5. The smallest absolute Gasteiger partial charge is 0.240 e. The molecule has 26 heavy (non-hydrogen) atoms. The van der Waals surface area contributed by atoms with Crippen LogP contribution in [-0.4, -0.2) is 26.7 Å². The van der Waals surface area contributed by atoms with Crippen LogP contribution in [-0.2, 0) is 21.4 Å². The molecule has 0 radical (unpaired) electrons. The Bertz CT molecular complexity index is 911. The van der Waals surface area contributed by atoms with Crippen LogP contribution in [0.2, 0.25) is 0 Å². The molecule has 0 spiro atoms. The molecular weight excluding hydrogens is 372 g/mol. The molecule has 0 unspecified atom stereocenters. The van der Waals surface area contributed by atoms with Crippen LogP contribution in [0.1, 0.15) is 18.9 Å². The molecule has 0 saturated heterocycles. The van der Waals surface area contributed by atoms with Gasteiger partial charge in [-0.05, 0) is 35.9 Å². The van der Waals surface area contributed by atoms with Crippen molar-refractivity contribution in [2.75, 3.05) is 12.4 Å². The molecule has 2 aromatic carbocycles. The number of thioether (sulfide) groups is 1. The molecule has 3 rings (SSSR count). The molecule has 2 N–H and O–H groups in total. The monoisotopic (exact) mass is 392 g/mol. The summed E-state index contributed by atoms with van der Waals surface area (Å²) < 4.78 is 32.9. The quantitative estimate of drug-likeness (QED) is 0.817. The summed E-state index contributed by atoms with van der Waals surface area (Å²) in [4.78, 5) is 12.9. The highest BCUT2D eigenvalue weighted by Gasteiger charge is 2.22. The number of hydrogen-bond donors (Lipinski definition) is 2. The molecule has 1 amide bonds. The van der Waals surface area contributed by atoms with Crippen molar-refractivity contribution >= 4 is 33.4 Å². The van der Waals surface area contributed by atoms with E-state index < -0.39 is 10.0 Å². The lowest BCUT2D eigenvalue weighted by Gasteiger charge is -2.11. The van der Waals surface area contributed by atoms with Crippen molar-refractivity contribution in [1.82, 2.24) is 4.72 Å². The number of ether oxygens (including phenoxy) is 1. The van der Waals surface area contributed by atoms with Crippen molar-refractivity contribution in [1.29, 1.82) is 0 Å². The molecule has 8 heteroatoms. The molecule has 0 aromatic heterocycles. The topological polar surface area (TPSA) is 84.5 Å². The number of rotatable bonds is 5. The van der Waals surface area contributed by atoms with Crippen LogP contribution in [0.25, 0.3) is 0 Å². The first-order valence-corrected chi connectivity index (χ1v) is 10.5. The lowest BCUT2D eigenvalue weighted by Crippen LogP contribution is -2.23. The number of methoxy groups -OCH3 is 1. The zero-order valence-corrected chi connectivity index (χ0v) is 16.1. The third-order valence-electron chi connectivity index (χ3n) is 3.96. The Hall–Kier alpha value is -2.03. The highest BCUT2D eigenvalue weighted by Crippen LogP contribution is 2.36. The summed E-state index contributed by atoms with van der Waals surface area (Å²) in [5.74, 6) is 0.606. The van der Waals surface area contributed by atoms with Crippen molar-refractivity contribution < 1.29 is 17.9 Å². The van der Waals surface area contributed by atoms with Crippen LogP contribution >= 0.6 is 11.8 Å². The van der Waals surface area contributed by atoms with Crippen LogP contribution in [0.15, 0.2) is 52.3 Å². The molecule has 0 saturated carbocycles. The largest absolute Gasteiger partial charge is 0.497 e. The Kier molecular flexibility index (Phi) is 5.55. The van der Waals surface area contributed by atoms with Gasteiger partial charge in [-0.15, -0.1) is 11.8 Å². The van der Waals surface area contributed by atoms with Gasteiger partial charge in [0.2, 0.25) is 15.9 Å². The highest BCUT2D eigenvalue weighted by molar-refractivity contribution is 8.00. The van der Waals surface area contributed by atoms with Gasteiger partial charge in [-0.1, -0.05) is 19.1 Å². The van der Waals surface area contributed by atoms with Crippen molar-refractivity contribution in [3.05, 3.63) is 48.0 Å². The number of benzene rings is 2. The highest BCUT2D eigenvalue weighted by atomic mass is 32.2. The summed E-state index contributed by atoms with van der Waals surface area (Å²) in [6, 6.07) is 12.0. The molecule has 1 aliphatic heterocycles. The molecule has 1 aliphatic rings. The van der Waals surface area contributed by atoms with E-state index in [-0.39, 0.29) is 22.6 Å². The van der Waals surface area contributed by atoms with E-state index in [1.54, 1.807) is 55.3 Å². The van der Waals surface area contributed by atoms with Gasteiger partial charge < -0.3 is 10.1 Å². The number of fused-ring (bicyclic) bond motifs is 1. The molecule has 0 fully saturated rings. The first-order chi connectivity index (χ1) is 12.4. The fourth-order valence-electron chi connectivity index (χ4n) is 2.60. The number of anilines is 1. The number of carbonyl (C=O) groups excluding carboxylic acids is 1. The minimum absolute atomic E-state index is 0.107. The van der Waals surface area contributed by atoms with Crippen molar-refractivity contribution in [2.45, 2.75) is 34.9 Å². The zero-order chi connectivity index (χ0) is 18.7. The van der Waals surface area contributed by atoms with Crippen molar-refractivity contribution in [2.24, 2.45) is 0 Å². The molecule has 138 valence electrons. The van der Waals surface area contributed by atoms with Gasteiger partial charge in [-0.3, -0.25) is 4.79 Å². The fourth-order valence-corrected chi connectivity index (χ4v) is 4.70. The predicted molar refractivity (Wildman–Crippen MR) is 102 cm³/mol. The summed E-state index contributed by atoms with van der Waals surface area (Å²) in [6.45, 7) is 2.14. The first kappa shape index (κ1) is 18.8. The maximum atomic E-state index is 12.6. The molecule has 0 aliphatic carbocycles. The summed E-state index contributed by atoms with van der Waals surface area (Å²) >= 11 is 1.56. The van der Waals surface area contributed by atoms with Crippen LogP contribution in [0.3, 0.4) is 0 Å². The predicted octanol–water partition coefficient (Wildman–Crippen LogP) is 3.00. The summed E-state index contributed by atoms with van der Waals surface area (Å²) in [7, 11) is -2.12. The van der Waals surface area contributed by atoms with E-state index in [4.69, 9.17) is 4.74 Å². The fraction of sp³-hybridized carbons (Fsp3) is 0.278. The molecule has 0 bridgehead atoms. The van der Waals surface area contributed by atoms with E-state index in [0.717, 1.165) is 10.5 Å². The third-order valence-corrected chi connectivity index (χ3v) is 6.54. The van der Waals surface area contributed by atoms with E-state index in [1.807, 2.05) is 6.92 Å². The average molecular weight is 393 g/mol. The van der Waals surface area contributed by atoms with Crippen LogP contribution in [0, 0.1) is 0 Å². The molecule has 2 aromatic rings. The van der Waals surface area contributed by atoms with Gasteiger partial charge in [0.25, 0.3) is 0 Å². The van der Waals surface area contributed by atoms with E-state index >= 15 is 0 Å². The molecular formula is C18H20N2O4S2. The minimum atomic E-state index is -3.69. The van der Waals surface area contributed by atoms with Gasteiger partial charge in [0.15, 0.2) is 0 Å². The van der Waals surface area contributed by atoms with Gasteiger partial charge in [-0.25, -0.2) is 13.1 Å². The van der Waals surface area contributed by atoms with Gasteiger partial charge >= 0.3 is 0 Å². The van der Waals surface area contributed by atoms with Crippen LogP contribution < -0.4 is 14.8 Å². The van der Waals surface area contributed by atoms with Gasteiger partial charge in [-0.2, -0.15) is 0 Å². The Morgan fingerprint density at radius 2 is 1.96 bits per heavy atom. The van der Waals surface area contributed by atoms with E-state index in [9.17, 15) is 13.2 Å². The van der Waals surface area contributed by atoms with Crippen molar-refractivity contribution in [3.8, 4) is 5.75 Å². The summed E-state index contributed by atoms with van der Waals surface area (Å²) in [5.41, 5.74) is 1.36. The Balaban J connectivity index is 1.77. The molecule has 6 nitrogen and oxygen atoms in total. The normalized spacial score (nSPS) is 17.2. The number of amides is 1. The van der Waals surface area contributed by atoms with Crippen LogP contribution in [0.5, 0.6) is 5.75 Å². The number of hydrogen-bond acceptors (Lipinski definition) is 5. The van der Waals surface area contributed by atoms with Crippen LogP contribution in [0.4, 0.5) is 5.69 Å². The second kappa shape index (κ2) is 7.69. The number of carbonyl (C=O) groups is 1. The molecule has 1 heterocycles. The maximum absolute atomic E-state index is 12.6. The van der Waals surface area contributed by atoms with Crippen molar-refractivity contribution in [3.63, 3.8) is 0 Å². The second-order valence-electron chi connectivity index (χ2n) is 6.01. The lowest BCUT2D eigenvalue weighted by atomic mass is 10.2. The number of nitrogens with one attached hydrogen (secondary N) is 2. The minimum Gasteiger partial charge on any atom is -0.497 e. The van der Waals surface area contributed by atoms with Gasteiger partial charge in [0.05, 0.1) is 17.7 Å². The van der Waals surface area contributed by atoms with Gasteiger partial charge in [0, 0.05) is 23.1 Å². The Morgan fingerprint density at radius 1 is 1.23 bits per heavy atom. The number of sulfonamides is 1. The summed E-state index contributed by atoms with van der Waals surface area (Å²) in [6.07, 6.45) is 0.400. The maximum Gasteiger partial charge on any atom is 0.240 e. The standard InChI is InChI=1S/C18H20N2O4S2/c1-12-9-18(21)20-16-10-15(7-8-17(16)25-12)26(22,23)19-11-13-3-5-14(24-2)6-4-13/h3-8,10,12,19H,9,11H2,1-2H3,(H,20,21)/t12-/m1/s1. The van der Waals surface area contributed by atoms with E-state index in [1.165, 1.54) is 6.07 Å². The summed E-state index contributed by atoms with van der Waals surface area (Å²) in [5, 5.41) is 2.93. The molecule has 1 atom stereocenters. The SMILES string of the molecule is COc1ccc(CNS(=O)(=O)c2ccc3c(c2)NC(=O)C[C@@H](C)S3)cc1. The Morgan fingerprint density at radius 3 is 2.65 bits per heavy atom. The van der Waals surface area contributed by atoms with E-state index in [2.05, 4.69) is 10.0 Å². The average Bonchev–Trinajstić information content (AvgIpc) is 2.76.